The molecule has 0 radical (unpaired) electrons. The van der Waals surface area contributed by atoms with Crippen LogP contribution in [0.5, 0.6) is 11.5 Å². The van der Waals surface area contributed by atoms with E-state index in [1.807, 2.05) is 85.8 Å². The number of amides is 1. The number of nitrogens with zero attached hydrogens (tertiary/aromatic N) is 1. The summed E-state index contributed by atoms with van der Waals surface area (Å²) in [4.78, 5) is 18.1. The Morgan fingerprint density at radius 1 is 1.00 bits per heavy atom. The minimum Gasteiger partial charge on any atom is -0.493 e. The largest absolute Gasteiger partial charge is 0.493 e. The average molecular weight is 457 g/mol. The number of hydrogen-bond donors (Lipinski definition) is 1. The molecule has 0 aliphatic rings. The van der Waals surface area contributed by atoms with Gasteiger partial charge in [0.15, 0.2) is 16.6 Å². The van der Waals surface area contributed by atoms with Gasteiger partial charge in [-0.2, -0.15) is 0 Å². The zero-order valence-corrected chi connectivity index (χ0v) is 19.3. The molecule has 0 saturated heterocycles. The van der Waals surface area contributed by atoms with Gasteiger partial charge in [-0.3, -0.25) is 10.1 Å². The standard InChI is InChI=1S/C27H24N2O3S/c1-19-26(22-11-7-4-8-12-22)29-27(33-19)28-25(30)16-14-20-13-15-23(24(17-20)31-2)32-18-21-9-5-3-6-10-21/h3-17H,18H2,1-2H3,(H,28,29,30). The SMILES string of the molecule is COc1cc(C=CC(=O)Nc2nc(-c3ccccc3)c(C)s2)ccc1OCc1ccccc1. The van der Waals surface area contributed by atoms with Crippen molar-refractivity contribution in [3.05, 3.63) is 101 Å². The van der Waals surface area contributed by atoms with Crippen LogP contribution >= 0.6 is 11.3 Å². The molecule has 1 heterocycles. The van der Waals surface area contributed by atoms with Crippen molar-refractivity contribution in [1.29, 1.82) is 0 Å². The quantitative estimate of drug-likeness (QED) is 0.314. The molecule has 0 aliphatic heterocycles. The lowest BCUT2D eigenvalue weighted by Gasteiger charge is -2.11. The highest BCUT2D eigenvalue weighted by atomic mass is 32.1. The van der Waals surface area contributed by atoms with E-state index in [1.54, 1.807) is 13.2 Å². The van der Waals surface area contributed by atoms with Gasteiger partial charge in [0.25, 0.3) is 0 Å². The molecular weight excluding hydrogens is 432 g/mol. The molecule has 6 heteroatoms. The van der Waals surface area contributed by atoms with Crippen LogP contribution in [0.3, 0.4) is 0 Å². The molecule has 0 unspecified atom stereocenters. The summed E-state index contributed by atoms with van der Waals surface area (Å²) in [6.45, 7) is 2.45. The Bertz CT molecular complexity index is 1250. The first-order valence-corrected chi connectivity index (χ1v) is 11.3. The van der Waals surface area contributed by atoms with Crippen molar-refractivity contribution < 1.29 is 14.3 Å². The second kappa shape index (κ2) is 10.6. The topological polar surface area (TPSA) is 60.5 Å². The van der Waals surface area contributed by atoms with Crippen LogP contribution in [0.1, 0.15) is 16.0 Å². The Balaban J connectivity index is 1.40. The van der Waals surface area contributed by atoms with Gasteiger partial charge >= 0.3 is 0 Å². The zero-order valence-electron chi connectivity index (χ0n) is 18.4. The maximum absolute atomic E-state index is 12.4. The molecule has 0 spiro atoms. The molecule has 1 aromatic heterocycles. The monoisotopic (exact) mass is 456 g/mol. The number of carbonyl (C=O) groups is 1. The molecule has 1 N–H and O–H groups in total. The Morgan fingerprint density at radius 3 is 2.45 bits per heavy atom. The number of ether oxygens (including phenoxy) is 2. The molecule has 0 atom stereocenters. The summed E-state index contributed by atoms with van der Waals surface area (Å²) < 4.78 is 11.4. The summed E-state index contributed by atoms with van der Waals surface area (Å²) in [7, 11) is 1.60. The minimum atomic E-state index is -0.244. The van der Waals surface area contributed by atoms with E-state index in [-0.39, 0.29) is 5.91 Å². The highest BCUT2D eigenvalue weighted by molar-refractivity contribution is 7.16. The van der Waals surface area contributed by atoms with Crippen LogP contribution in [0.25, 0.3) is 17.3 Å². The van der Waals surface area contributed by atoms with Crippen molar-refractivity contribution in [2.24, 2.45) is 0 Å². The third-order valence-corrected chi connectivity index (χ3v) is 5.81. The van der Waals surface area contributed by atoms with Crippen molar-refractivity contribution in [2.45, 2.75) is 13.5 Å². The number of methoxy groups -OCH3 is 1. The molecule has 3 aromatic carbocycles. The van der Waals surface area contributed by atoms with E-state index >= 15 is 0 Å². The van der Waals surface area contributed by atoms with Gasteiger partial charge in [-0.15, -0.1) is 11.3 Å². The van der Waals surface area contributed by atoms with Gasteiger partial charge in [-0.1, -0.05) is 66.7 Å². The van der Waals surface area contributed by atoms with Crippen LogP contribution in [0.2, 0.25) is 0 Å². The summed E-state index contributed by atoms with van der Waals surface area (Å²) in [5.74, 6) is 1.01. The van der Waals surface area contributed by atoms with Gasteiger partial charge in [-0.25, -0.2) is 4.98 Å². The predicted octanol–water partition coefficient (Wildman–Crippen LogP) is 6.36. The van der Waals surface area contributed by atoms with Crippen LogP contribution in [0.15, 0.2) is 84.9 Å². The molecule has 0 aliphatic carbocycles. The highest BCUT2D eigenvalue weighted by Crippen LogP contribution is 2.31. The smallest absolute Gasteiger partial charge is 0.250 e. The second-order valence-corrected chi connectivity index (χ2v) is 8.50. The number of carbonyl (C=O) groups excluding carboxylic acids is 1. The Labute approximate surface area is 197 Å². The molecule has 4 aromatic rings. The van der Waals surface area contributed by atoms with E-state index < -0.39 is 0 Å². The molecule has 4 rings (SSSR count). The van der Waals surface area contributed by atoms with E-state index in [2.05, 4.69) is 10.3 Å². The molecule has 5 nitrogen and oxygen atoms in total. The predicted molar refractivity (Wildman–Crippen MR) is 134 cm³/mol. The van der Waals surface area contributed by atoms with Crippen LogP contribution in [-0.4, -0.2) is 18.0 Å². The van der Waals surface area contributed by atoms with E-state index in [0.29, 0.717) is 23.2 Å². The van der Waals surface area contributed by atoms with Crippen LogP contribution < -0.4 is 14.8 Å². The van der Waals surface area contributed by atoms with Gasteiger partial charge in [0.2, 0.25) is 5.91 Å². The first kappa shape index (κ1) is 22.3. The van der Waals surface area contributed by atoms with Crippen LogP contribution in [0.4, 0.5) is 5.13 Å². The summed E-state index contributed by atoms with van der Waals surface area (Å²) in [6, 6.07) is 25.4. The van der Waals surface area contributed by atoms with Crippen LogP contribution in [-0.2, 0) is 11.4 Å². The van der Waals surface area contributed by atoms with Crippen molar-refractivity contribution in [3.63, 3.8) is 0 Å². The number of aryl methyl sites for hydroxylation is 1. The van der Waals surface area contributed by atoms with Gasteiger partial charge in [0.05, 0.1) is 12.8 Å². The first-order chi connectivity index (χ1) is 16.1. The lowest BCUT2D eigenvalue weighted by molar-refractivity contribution is -0.111. The third kappa shape index (κ3) is 5.87. The highest BCUT2D eigenvalue weighted by Gasteiger charge is 2.11. The number of anilines is 1. The number of nitrogens with one attached hydrogen (secondary N) is 1. The number of rotatable bonds is 8. The Morgan fingerprint density at radius 2 is 1.73 bits per heavy atom. The molecular formula is C27H24N2O3S. The average Bonchev–Trinajstić information content (AvgIpc) is 3.22. The maximum atomic E-state index is 12.4. The third-order valence-electron chi connectivity index (χ3n) is 4.93. The minimum absolute atomic E-state index is 0.244. The summed E-state index contributed by atoms with van der Waals surface area (Å²) in [5, 5.41) is 3.42. The molecule has 1 amide bonds. The van der Waals surface area contributed by atoms with Gasteiger partial charge in [0, 0.05) is 16.5 Å². The maximum Gasteiger partial charge on any atom is 0.250 e. The molecule has 0 bridgehead atoms. The van der Waals surface area contributed by atoms with E-state index in [4.69, 9.17) is 9.47 Å². The fourth-order valence-electron chi connectivity index (χ4n) is 3.28. The first-order valence-electron chi connectivity index (χ1n) is 10.5. The van der Waals surface area contributed by atoms with Crippen molar-refractivity contribution in [1.82, 2.24) is 4.98 Å². The molecule has 33 heavy (non-hydrogen) atoms. The zero-order chi connectivity index (χ0) is 23.0. The lowest BCUT2D eigenvalue weighted by atomic mass is 10.1. The number of aromatic nitrogens is 1. The summed E-state index contributed by atoms with van der Waals surface area (Å²) in [6.07, 6.45) is 3.22. The molecule has 0 saturated carbocycles. The van der Waals surface area contributed by atoms with Gasteiger partial charge in [0.1, 0.15) is 6.61 Å². The Hall–Kier alpha value is -3.90. The number of hydrogen-bond acceptors (Lipinski definition) is 5. The fourth-order valence-corrected chi connectivity index (χ4v) is 4.11. The van der Waals surface area contributed by atoms with Crippen molar-refractivity contribution in [2.75, 3.05) is 12.4 Å². The fraction of sp³-hybridized carbons (Fsp3) is 0.111. The van der Waals surface area contributed by atoms with E-state index in [1.165, 1.54) is 17.4 Å². The molecule has 166 valence electrons. The normalized spacial score (nSPS) is 10.8. The van der Waals surface area contributed by atoms with Crippen LogP contribution in [0, 0.1) is 6.92 Å². The number of benzene rings is 3. The van der Waals surface area contributed by atoms with Gasteiger partial charge < -0.3 is 9.47 Å². The summed E-state index contributed by atoms with van der Waals surface area (Å²) >= 11 is 1.46. The van der Waals surface area contributed by atoms with E-state index in [0.717, 1.165) is 27.3 Å². The molecule has 0 fully saturated rings. The summed E-state index contributed by atoms with van der Waals surface area (Å²) in [5.41, 5.74) is 3.82. The van der Waals surface area contributed by atoms with E-state index in [9.17, 15) is 4.79 Å². The van der Waals surface area contributed by atoms with Gasteiger partial charge in [-0.05, 0) is 36.3 Å². The van der Waals surface area contributed by atoms with Crippen molar-refractivity contribution in [3.8, 4) is 22.8 Å². The second-order valence-electron chi connectivity index (χ2n) is 7.30. The van der Waals surface area contributed by atoms with Crippen molar-refractivity contribution >= 4 is 28.5 Å². The Kier molecular flexibility index (Phi) is 7.17. The number of thiazole rings is 1. The lowest BCUT2D eigenvalue weighted by Crippen LogP contribution is -2.07.